The lowest BCUT2D eigenvalue weighted by molar-refractivity contribution is -0.582. The summed E-state index contributed by atoms with van der Waals surface area (Å²) in [5.41, 5.74) is -0.763. The van der Waals surface area contributed by atoms with Crippen LogP contribution in [0.3, 0.4) is 0 Å². The number of phenols is 1. The summed E-state index contributed by atoms with van der Waals surface area (Å²) >= 11 is 0. The van der Waals surface area contributed by atoms with Crippen molar-refractivity contribution in [3.05, 3.63) is 64.2 Å². The smallest absolute Gasteiger partial charge is 0.309 e. The van der Waals surface area contributed by atoms with Crippen molar-refractivity contribution >= 4 is 11.7 Å². The molecule has 0 amide bonds. The van der Waals surface area contributed by atoms with Crippen LogP contribution in [0.25, 0.3) is 0 Å². The van der Waals surface area contributed by atoms with Crippen LogP contribution >= 0.6 is 0 Å². The summed E-state index contributed by atoms with van der Waals surface area (Å²) in [5, 5.41) is 25.4. The van der Waals surface area contributed by atoms with Gasteiger partial charge < -0.3 is 19.9 Å². The van der Waals surface area contributed by atoms with Crippen LogP contribution in [0, 0.1) is 10.1 Å². The van der Waals surface area contributed by atoms with Crippen LogP contribution in [0.15, 0.2) is 48.5 Å². The van der Waals surface area contributed by atoms with Crippen LogP contribution in [0.1, 0.15) is 31.9 Å². The van der Waals surface area contributed by atoms with Gasteiger partial charge in [0.05, 0.1) is 18.7 Å². The predicted octanol–water partition coefficient (Wildman–Crippen LogP) is 3.30. The van der Waals surface area contributed by atoms with E-state index in [0.717, 1.165) is 0 Å². The van der Waals surface area contributed by atoms with Crippen molar-refractivity contribution in [1.29, 1.82) is 0 Å². The van der Waals surface area contributed by atoms with Crippen molar-refractivity contribution in [2.75, 3.05) is 11.9 Å². The maximum Gasteiger partial charge on any atom is 0.309 e. The fraction of sp³-hybridized carbons (Fsp3) is 0.350. The van der Waals surface area contributed by atoms with Gasteiger partial charge in [-0.2, -0.15) is 0 Å². The largest absolute Gasteiger partial charge is 0.506 e. The fourth-order valence-electron chi connectivity index (χ4n) is 3.42. The second-order valence-electron chi connectivity index (χ2n) is 6.73. The number of esters is 1. The minimum atomic E-state index is -1.69. The number of nitrogens with one attached hydrogen (secondary N) is 1. The highest BCUT2D eigenvalue weighted by atomic mass is 16.6. The van der Waals surface area contributed by atoms with Crippen LogP contribution in [0.4, 0.5) is 5.69 Å². The number of nitrogens with zero attached hydrogens (tertiary/aromatic N) is 1. The lowest BCUT2D eigenvalue weighted by Gasteiger charge is -2.41. The number of anilines is 1. The van der Waals surface area contributed by atoms with Crippen LogP contribution in [-0.2, 0) is 9.53 Å². The van der Waals surface area contributed by atoms with Crippen LogP contribution < -0.4 is 10.1 Å². The molecule has 148 valence electrons. The second kappa shape index (κ2) is 7.75. The van der Waals surface area contributed by atoms with Gasteiger partial charge in [0.2, 0.25) is 0 Å². The van der Waals surface area contributed by atoms with E-state index < -0.39 is 28.6 Å². The molecule has 1 aliphatic heterocycles. The zero-order chi connectivity index (χ0) is 20.3. The van der Waals surface area contributed by atoms with Gasteiger partial charge in [-0.15, -0.1) is 0 Å². The lowest BCUT2D eigenvalue weighted by Crippen LogP contribution is -2.59. The van der Waals surface area contributed by atoms with E-state index >= 15 is 0 Å². The number of ether oxygens (including phenoxy) is 2. The van der Waals surface area contributed by atoms with Crippen molar-refractivity contribution < 1.29 is 24.3 Å². The average molecular weight is 386 g/mol. The van der Waals surface area contributed by atoms with Crippen molar-refractivity contribution in [3.63, 3.8) is 0 Å². The minimum absolute atomic E-state index is 0.0286. The van der Waals surface area contributed by atoms with Crippen LogP contribution in [-0.4, -0.2) is 34.2 Å². The molecule has 0 unspecified atom stereocenters. The first-order valence-electron chi connectivity index (χ1n) is 8.98. The Balaban J connectivity index is 2.08. The zero-order valence-electron chi connectivity index (χ0n) is 15.6. The number of aromatic hydroxyl groups is 1. The standard InChI is InChI=1S/C20H22N2O6/c1-3-27-18(24)12-17-20(2,22(25)26)19(13-8-4-7-11-16(13)28-17)21-14-9-5-6-10-15(14)23/h4-11,17,19,21,23H,3,12H2,1-2H3/t17-,19-,20-/m0/s1. The SMILES string of the molecule is CCOC(=O)C[C@@H]1Oc2ccccc2[C@H](Nc2ccccc2O)[C@@]1(C)[N+](=O)[O-]. The number of phenolic OH excluding ortho intramolecular Hbond substituents is 1. The molecule has 2 aromatic rings. The third-order valence-electron chi connectivity index (χ3n) is 4.99. The van der Waals surface area contributed by atoms with E-state index in [9.17, 15) is 20.0 Å². The molecule has 3 atom stereocenters. The van der Waals surface area contributed by atoms with Gasteiger partial charge in [0.15, 0.2) is 6.10 Å². The number of hydrogen-bond donors (Lipinski definition) is 2. The third kappa shape index (κ3) is 3.45. The summed E-state index contributed by atoms with van der Waals surface area (Å²) in [6.45, 7) is 3.28. The summed E-state index contributed by atoms with van der Waals surface area (Å²) in [7, 11) is 0. The number of fused-ring (bicyclic) bond motifs is 1. The number of para-hydroxylation sites is 3. The molecule has 8 nitrogen and oxygen atoms in total. The van der Waals surface area contributed by atoms with E-state index in [-0.39, 0.29) is 18.8 Å². The Labute approximate surface area is 162 Å². The summed E-state index contributed by atoms with van der Waals surface area (Å²) in [4.78, 5) is 23.8. The normalized spacial score (nSPS) is 23.2. The highest BCUT2D eigenvalue weighted by molar-refractivity contribution is 5.70. The third-order valence-corrected chi connectivity index (χ3v) is 4.99. The van der Waals surface area contributed by atoms with Crippen LogP contribution in [0.5, 0.6) is 11.5 Å². The molecule has 0 aromatic heterocycles. The molecule has 0 bridgehead atoms. The molecule has 0 fully saturated rings. The first-order chi connectivity index (χ1) is 13.4. The highest BCUT2D eigenvalue weighted by Gasteiger charge is 2.59. The van der Waals surface area contributed by atoms with E-state index in [1.54, 1.807) is 49.4 Å². The summed E-state index contributed by atoms with van der Waals surface area (Å²) < 4.78 is 10.9. The van der Waals surface area contributed by atoms with Gasteiger partial charge >= 0.3 is 5.97 Å². The molecule has 0 radical (unpaired) electrons. The highest BCUT2D eigenvalue weighted by Crippen LogP contribution is 2.46. The molecule has 0 aliphatic carbocycles. The van der Waals surface area contributed by atoms with Gasteiger partial charge in [0, 0.05) is 17.4 Å². The van der Waals surface area contributed by atoms with Crippen LogP contribution in [0.2, 0.25) is 0 Å². The number of nitro groups is 1. The first-order valence-corrected chi connectivity index (χ1v) is 8.98. The average Bonchev–Trinajstić information content (AvgIpc) is 2.66. The Morgan fingerprint density at radius 3 is 2.64 bits per heavy atom. The molecule has 2 aromatic carbocycles. The molecule has 0 spiro atoms. The molecule has 3 rings (SSSR count). The molecular formula is C20H22N2O6. The number of benzene rings is 2. The number of carbonyl (C=O) groups is 1. The Morgan fingerprint density at radius 2 is 1.96 bits per heavy atom. The van der Waals surface area contributed by atoms with E-state index in [4.69, 9.17) is 9.47 Å². The van der Waals surface area contributed by atoms with Gasteiger partial charge in [0.25, 0.3) is 5.54 Å². The van der Waals surface area contributed by atoms with Crippen molar-refractivity contribution in [2.24, 2.45) is 0 Å². The molecule has 1 heterocycles. The van der Waals surface area contributed by atoms with Crippen molar-refractivity contribution in [1.82, 2.24) is 0 Å². The quantitative estimate of drug-likeness (QED) is 0.339. The molecule has 2 N–H and O–H groups in total. The Hall–Kier alpha value is -3.29. The summed E-state index contributed by atoms with van der Waals surface area (Å²) in [6, 6.07) is 12.6. The zero-order valence-corrected chi connectivity index (χ0v) is 15.6. The maximum atomic E-state index is 12.2. The fourth-order valence-corrected chi connectivity index (χ4v) is 3.42. The molecule has 0 saturated carbocycles. The maximum absolute atomic E-state index is 12.2. The molecule has 1 aliphatic rings. The van der Waals surface area contributed by atoms with E-state index in [1.807, 2.05) is 0 Å². The number of carbonyl (C=O) groups excluding carboxylic acids is 1. The molecule has 28 heavy (non-hydrogen) atoms. The van der Waals surface area contributed by atoms with Gasteiger partial charge in [-0.25, -0.2) is 0 Å². The number of rotatable bonds is 6. The second-order valence-corrected chi connectivity index (χ2v) is 6.73. The molecular weight excluding hydrogens is 364 g/mol. The monoisotopic (exact) mass is 386 g/mol. The van der Waals surface area contributed by atoms with Gasteiger partial charge in [-0.1, -0.05) is 30.3 Å². The lowest BCUT2D eigenvalue weighted by atomic mass is 9.78. The van der Waals surface area contributed by atoms with E-state index in [2.05, 4.69) is 5.32 Å². The van der Waals surface area contributed by atoms with E-state index in [1.165, 1.54) is 13.0 Å². The van der Waals surface area contributed by atoms with Crippen molar-refractivity contribution in [2.45, 2.75) is 38.0 Å². The van der Waals surface area contributed by atoms with Gasteiger partial charge in [0.1, 0.15) is 17.5 Å². The van der Waals surface area contributed by atoms with E-state index in [0.29, 0.717) is 17.0 Å². The Kier molecular flexibility index (Phi) is 5.39. The Bertz CT molecular complexity index is 887. The summed E-state index contributed by atoms with van der Waals surface area (Å²) in [5.74, 6) is -0.149. The number of hydrogen-bond acceptors (Lipinski definition) is 7. The van der Waals surface area contributed by atoms with Gasteiger partial charge in [-0.05, 0) is 25.1 Å². The minimum Gasteiger partial charge on any atom is -0.506 e. The van der Waals surface area contributed by atoms with Crippen molar-refractivity contribution in [3.8, 4) is 11.5 Å². The molecule has 8 heteroatoms. The molecule has 0 saturated heterocycles. The first kappa shape index (κ1) is 19.5. The predicted molar refractivity (Wildman–Crippen MR) is 102 cm³/mol. The summed E-state index contributed by atoms with van der Waals surface area (Å²) in [6.07, 6.45) is -1.32. The Morgan fingerprint density at radius 1 is 1.29 bits per heavy atom. The van der Waals surface area contributed by atoms with Gasteiger partial charge in [-0.3, -0.25) is 14.9 Å². The topological polar surface area (TPSA) is 111 Å².